The summed E-state index contributed by atoms with van der Waals surface area (Å²) in [6.45, 7) is 9.77. The Bertz CT molecular complexity index is 698. The number of benzene rings is 1. The summed E-state index contributed by atoms with van der Waals surface area (Å²) in [5, 5.41) is 0. The highest BCUT2D eigenvalue weighted by Crippen LogP contribution is 2.41. The van der Waals surface area contributed by atoms with Crippen LogP contribution >= 0.6 is 0 Å². The van der Waals surface area contributed by atoms with Gasteiger partial charge >= 0.3 is 13.3 Å². The normalized spacial score (nSPS) is 19.7. The molecule has 8 heteroatoms. The summed E-state index contributed by atoms with van der Waals surface area (Å²) in [4.78, 5) is 0. The van der Waals surface area contributed by atoms with Crippen LogP contribution in [0.1, 0.15) is 58.6 Å². The molecule has 1 aliphatic heterocycles. The molecule has 1 aliphatic rings. The van der Waals surface area contributed by atoms with Crippen molar-refractivity contribution in [3.05, 3.63) is 41.1 Å². The van der Waals surface area contributed by atoms with E-state index in [1.165, 1.54) is 12.1 Å². The van der Waals surface area contributed by atoms with Crippen LogP contribution in [0.5, 0.6) is 0 Å². The van der Waals surface area contributed by atoms with Gasteiger partial charge in [-0.3, -0.25) is 0 Å². The van der Waals surface area contributed by atoms with Crippen LogP contribution in [0.2, 0.25) is 0 Å². The van der Waals surface area contributed by atoms with Gasteiger partial charge in [-0.15, -0.1) is 0 Å². The van der Waals surface area contributed by atoms with Crippen molar-refractivity contribution in [2.45, 2.75) is 64.8 Å². The molecule has 28 heavy (non-hydrogen) atoms. The van der Waals surface area contributed by atoms with E-state index < -0.39 is 35.8 Å². The van der Waals surface area contributed by atoms with E-state index in [1.54, 1.807) is 27.7 Å². The standard InChI is InChI=1S/C20H27BF4O3/c1-6-11-26-12-10-16(14-8-7-9-15(13-14)20(23,24)25)17(22)21-27-18(2,3)19(4,5)28-21/h7-9,13H,6,10-12H2,1-5H3. The summed E-state index contributed by atoms with van der Waals surface area (Å²) in [6.07, 6.45) is -3.61. The van der Waals surface area contributed by atoms with Crippen molar-refractivity contribution < 1.29 is 31.6 Å². The lowest BCUT2D eigenvalue weighted by atomic mass is 9.81. The lowest BCUT2D eigenvalue weighted by Crippen LogP contribution is -2.41. The molecule has 0 saturated carbocycles. The molecule has 0 unspecified atom stereocenters. The highest BCUT2D eigenvalue weighted by atomic mass is 19.4. The van der Waals surface area contributed by atoms with Crippen LogP contribution in [-0.2, 0) is 20.2 Å². The molecule has 0 amide bonds. The molecule has 0 aliphatic carbocycles. The molecular formula is C20H27BF4O3. The number of alkyl halides is 3. The fraction of sp³-hybridized carbons (Fsp3) is 0.600. The van der Waals surface area contributed by atoms with E-state index >= 15 is 4.39 Å². The topological polar surface area (TPSA) is 27.7 Å². The smallest absolute Gasteiger partial charge is 0.398 e. The number of rotatable bonds is 7. The zero-order chi connectivity index (χ0) is 21.2. The maximum absolute atomic E-state index is 15.4. The first-order valence-electron chi connectivity index (χ1n) is 9.38. The number of ether oxygens (including phenoxy) is 1. The predicted molar refractivity (Wildman–Crippen MR) is 101 cm³/mol. The summed E-state index contributed by atoms with van der Waals surface area (Å²) in [7, 11) is -1.28. The largest absolute Gasteiger partial charge is 0.525 e. The van der Waals surface area contributed by atoms with E-state index in [0.29, 0.717) is 6.61 Å². The molecule has 0 aromatic heterocycles. The van der Waals surface area contributed by atoms with Crippen LogP contribution in [-0.4, -0.2) is 31.5 Å². The zero-order valence-electron chi connectivity index (χ0n) is 17.0. The van der Waals surface area contributed by atoms with Crippen LogP contribution in [0.4, 0.5) is 17.6 Å². The van der Waals surface area contributed by atoms with E-state index in [1.807, 2.05) is 6.92 Å². The van der Waals surface area contributed by atoms with E-state index in [4.69, 9.17) is 14.0 Å². The SMILES string of the molecule is CCCOCCC(=C(F)B1OC(C)(C)C(C)(C)O1)c1cccc(C(F)(F)F)c1. The van der Waals surface area contributed by atoms with Crippen molar-refractivity contribution in [2.24, 2.45) is 0 Å². The van der Waals surface area contributed by atoms with Gasteiger partial charge in [0.1, 0.15) is 5.73 Å². The first kappa shape index (κ1) is 22.9. The van der Waals surface area contributed by atoms with E-state index in [9.17, 15) is 13.2 Å². The summed E-state index contributed by atoms with van der Waals surface area (Å²) >= 11 is 0. The molecule has 1 saturated heterocycles. The maximum atomic E-state index is 15.4. The summed E-state index contributed by atoms with van der Waals surface area (Å²) in [5.74, 6) is 0. The van der Waals surface area contributed by atoms with Gasteiger partial charge in [0.2, 0.25) is 0 Å². The Morgan fingerprint density at radius 1 is 1.07 bits per heavy atom. The van der Waals surface area contributed by atoms with Gasteiger partial charge in [0, 0.05) is 6.61 Å². The van der Waals surface area contributed by atoms with Gasteiger partial charge in [-0.05, 0) is 63.8 Å². The molecule has 1 fully saturated rings. The Kier molecular flexibility index (Phi) is 7.00. The Morgan fingerprint density at radius 2 is 1.68 bits per heavy atom. The second-order valence-corrected chi connectivity index (χ2v) is 7.86. The molecule has 0 bridgehead atoms. The van der Waals surface area contributed by atoms with Gasteiger partial charge in [-0.25, -0.2) is 4.39 Å². The number of hydrogen-bond acceptors (Lipinski definition) is 3. The van der Waals surface area contributed by atoms with Crippen LogP contribution in [0.15, 0.2) is 30.0 Å². The molecule has 2 rings (SSSR count). The minimum absolute atomic E-state index is 0.0979. The molecule has 1 aromatic carbocycles. The quantitative estimate of drug-likeness (QED) is 0.326. The van der Waals surface area contributed by atoms with Crippen molar-refractivity contribution in [1.82, 2.24) is 0 Å². The Balaban J connectivity index is 2.40. The summed E-state index contributed by atoms with van der Waals surface area (Å²) in [5.41, 5.74) is -2.83. The second kappa shape index (κ2) is 8.55. The van der Waals surface area contributed by atoms with Gasteiger partial charge < -0.3 is 14.0 Å². The molecule has 1 aromatic rings. The molecule has 0 N–H and O–H groups in total. The lowest BCUT2D eigenvalue weighted by Gasteiger charge is -2.32. The molecule has 3 nitrogen and oxygen atoms in total. The fourth-order valence-electron chi connectivity index (χ4n) is 2.79. The Morgan fingerprint density at radius 3 is 2.21 bits per heavy atom. The number of halogens is 4. The van der Waals surface area contributed by atoms with Gasteiger partial charge in [-0.2, -0.15) is 13.2 Å². The Labute approximate surface area is 164 Å². The van der Waals surface area contributed by atoms with Crippen molar-refractivity contribution in [3.8, 4) is 0 Å². The zero-order valence-corrected chi connectivity index (χ0v) is 17.0. The van der Waals surface area contributed by atoms with Crippen molar-refractivity contribution in [2.75, 3.05) is 13.2 Å². The van der Waals surface area contributed by atoms with Crippen molar-refractivity contribution >= 4 is 12.7 Å². The predicted octanol–water partition coefficient (Wildman–Crippen LogP) is 5.83. The van der Waals surface area contributed by atoms with Gasteiger partial charge in [0.05, 0.1) is 23.4 Å². The van der Waals surface area contributed by atoms with Gasteiger partial charge in [-0.1, -0.05) is 19.1 Å². The molecule has 0 spiro atoms. The van der Waals surface area contributed by atoms with Crippen LogP contribution in [0.3, 0.4) is 0 Å². The molecular weight excluding hydrogens is 375 g/mol. The van der Waals surface area contributed by atoms with Crippen LogP contribution in [0, 0.1) is 0 Å². The Hall–Kier alpha value is -1.38. The average molecular weight is 402 g/mol. The maximum Gasteiger partial charge on any atom is 0.525 e. The molecule has 156 valence electrons. The third-order valence-corrected chi connectivity index (χ3v) is 5.13. The summed E-state index contributed by atoms with van der Waals surface area (Å²) < 4.78 is 71.6. The lowest BCUT2D eigenvalue weighted by molar-refractivity contribution is -0.137. The third kappa shape index (κ3) is 5.16. The minimum atomic E-state index is -4.51. The third-order valence-electron chi connectivity index (χ3n) is 5.13. The minimum Gasteiger partial charge on any atom is -0.398 e. The van der Waals surface area contributed by atoms with Crippen molar-refractivity contribution in [1.29, 1.82) is 0 Å². The van der Waals surface area contributed by atoms with Gasteiger partial charge in [0.15, 0.2) is 0 Å². The first-order valence-corrected chi connectivity index (χ1v) is 9.38. The molecule has 0 atom stereocenters. The van der Waals surface area contributed by atoms with Crippen LogP contribution < -0.4 is 0 Å². The number of hydrogen-bond donors (Lipinski definition) is 0. The highest BCUT2D eigenvalue weighted by molar-refractivity contribution is 6.55. The van der Waals surface area contributed by atoms with E-state index in [-0.39, 0.29) is 24.2 Å². The summed E-state index contributed by atoms with van der Waals surface area (Å²) in [6, 6.07) is 4.62. The molecule has 1 heterocycles. The van der Waals surface area contributed by atoms with E-state index in [0.717, 1.165) is 18.6 Å². The fourth-order valence-corrected chi connectivity index (χ4v) is 2.79. The first-order chi connectivity index (χ1) is 12.9. The second-order valence-electron chi connectivity index (χ2n) is 7.86. The van der Waals surface area contributed by atoms with E-state index in [2.05, 4.69) is 0 Å². The molecule has 0 radical (unpaired) electrons. The van der Waals surface area contributed by atoms with Gasteiger partial charge in [0.25, 0.3) is 0 Å². The highest BCUT2D eigenvalue weighted by Gasteiger charge is 2.53. The monoisotopic (exact) mass is 402 g/mol. The average Bonchev–Trinajstić information content (AvgIpc) is 2.81. The van der Waals surface area contributed by atoms with Crippen LogP contribution in [0.25, 0.3) is 5.57 Å². The van der Waals surface area contributed by atoms with Crippen molar-refractivity contribution in [3.63, 3.8) is 0 Å².